The highest BCUT2D eigenvalue weighted by atomic mass is 32.2. The van der Waals surface area contributed by atoms with E-state index in [9.17, 15) is 30.4 Å². The van der Waals surface area contributed by atoms with Crippen molar-refractivity contribution in [1.29, 1.82) is 0 Å². The Hall–Kier alpha value is -3.06. The largest absolute Gasteiger partial charge is 0.460 e. The summed E-state index contributed by atoms with van der Waals surface area (Å²) in [4.78, 5) is 11.3. The molecule has 2 N–H and O–H groups in total. The number of hydrogen-bond donors (Lipinski definition) is 2. The Labute approximate surface area is 171 Å². The Morgan fingerprint density at radius 2 is 1.60 bits per heavy atom. The molecule has 2 rings (SSSR count). The van der Waals surface area contributed by atoms with Crippen molar-refractivity contribution >= 4 is 37.4 Å². The number of ether oxygens (including phenoxy) is 1. The first-order valence-electron chi connectivity index (χ1n) is 8.29. The molecule has 0 saturated heterocycles. The number of anilines is 1. The topological polar surface area (TPSA) is 131 Å². The molecule has 0 bridgehead atoms. The van der Waals surface area contributed by atoms with Crippen molar-refractivity contribution in [1.82, 2.24) is 5.43 Å². The molecule has 0 radical (unpaired) electrons. The lowest BCUT2D eigenvalue weighted by atomic mass is 10.3. The molecule has 0 spiro atoms. The third-order valence-corrected chi connectivity index (χ3v) is 6.15. The summed E-state index contributed by atoms with van der Waals surface area (Å²) in [5, 5.41) is 0. The lowest BCUT2D eigenvalue weighted by molar-refractivity contribution is -0.135. The van der Waals surface area contributed by atoms with E-state index in [1.165, 1.54) is 31.2 Å². The second kappa shape index (κ2) is 9.63. The van der Waals surface area contributed by atoms with Crippen LogP contribution in [0.15, 0.2) is 68.8 Å². The van der Waals surface area contributed by atoms with E-state index in [-0.39, 0.29) is 17.2 Å². The van der Waals surface area contributed by atoms with Gasteiger partial charge in [0.2, 0.25) is 15.7 Å². The molecule has 0 amide bonds. The number of carbonyl (C=O) groups excluding carboxylic acids is 1. The minimum absolute atomic E-state index is 0.0505. The zero-order valence-electron chi connectivity index (χ0n) is 15.4. The van der Waals surface area contributed by atoms with Crippen molar-refractivity contribution in [2.45, 2.75) is 22.5 Å². The maximum atomic E-state index is 12.6. The first-order valence-corrected chi connectivity index (χ1v) is 11.3. The van der Waals surface area contributed by atoms with Crippen LogP contribution in [-0.4, -0.2) is 41.0 Å². The molecule has 0 fully saturated rings. The highest BCUT2D eigenvalue weighted by Gasteiger charge is 2.26. The van der Waals surface area contributed by atoms with E-state index >= 15 is 0 Å². The van der Waals surface area contributed by atoms with Crippen LogP contribution in [0.3, 0.4) is 0 Å². The molecule has 9 nitrogen and oxygen atoms in total. The monoisotopic (exact) mass is 461 g/mol. The van der Waals surface area contributed by atoms with Gasteiger partial charge in [-0.3, -0.25) is 10.9 Å². The Morgan fingerprint density at radius 1 is 1.00 bits per heavy atom. The standard InChI is InChI=1S/C17H17F2N3O6S2/c1-2-28-16(23)15(22-30(26,27)14-6-4-3-5-7-14)21-20-12-8-10-13(11-9-12)29(24,25)17(18)19/h3-11,17,20H,2H2,1H3,(H,21,22). The maximum absolute atomic E-state index is 12.6. The second-order valence-electron chi connectivity index (χ2n) is 5.53. The number of sulfonamides is 1. The molecular weight excluding hydrogens is 444 g/mol. The number of carbonyl (C=O) groups is 1. The van der Waals surface area contributed by atoms with Gasteiger partial charge in [0.1, 0.15) is 0 Å². The fraction of sp³-hybridized carbons (Fsp3) is 0.176. The molecule has 0 heterocycles. The van der Waals surface area contributed by atoms with Gasteiger partial charge < -0.3 is 4.74 Å². The number of benzene rings is 2. The van der Waals surface area contributed by atoms with E-state index in [1.54, 1.807) is 6.07 Å². The highest BCUT2D eigenvalue weighted by Crippen LogP contribution is 2.20. The molecule has 30 heavy (non-hydrogen) atoms. The van der Waals surface area contributed by atoms with Gasteiger partial charge in [0.15, 0.2) is 0 Å². The summed E-state index contributed by atoms with van der Waals surface area (Å²) < 4.78 is 81.0. The number of alkyl halides is 2. The van der Waals surface area contributed by atoms with E-state index < -0.39 is 42.3 Å². The summed E-state index contributed by atoms with van der Waals surface area (Å²) in [7, 11) is -9.00. The zero-order chi connectivity index (χ0) is 22.4. The first-order chi connectivity index (χ1) is 14.1. The Morgan fingerprint density at radius 3 is 2.13 bits per heavy atom. The van der Waals surface area contributed by atoms with Gasteiger partial charge in [0, 0.05) is 0 Å². The number of hydrogen-bond acceptors (Lipinski definition) is 7. The minimum Gasteiger partial charge on any atom is -0.460 e. The highest BCUT2D eigenvalue weighted by molar-refractivity contribution is 7.91. The number of rotatable bonds is 7. The van der Waals surface area contributed by atoms with Crippen molar-refractivity contribution < 1.29 is 35.1 Å². The van der Waals surface area contributed by atoms with Crippen molar-refractivity contribution in [2.24, 2.45) is 4.40 Å². The van der Waals surface area contributed by atoms with Crippen molar-refractivity contribution in [3.05, 3.63) is 54.6 Å². The van der Waals surface area contributed by atoms with E-state index in [1.807, 2.05) is 0 Å². The summed E-state index contributed by atoms with van der Waals surface area (Å²) in [6.07, 6.45) is 0. The van der Waals surface area contributed by atoms with Crippen LogP contribution in [0, 0.1) is 0 Å². The number of hydrazine groups is 1. The number of nitrogens with one attached hydrogen (secondary N) is 2. The van der Waals surface area contributed by atoms with Crippen LogP contribution < -0.4 is 10.9 Å². The predicted molar refractivity (Wildman–Crippen MR) is 104 cm³/mol. The van der Waals surface area contributed by atoms with E-state index in [0.29, 0.717) is 0 Å². The summed E-state index contributed by atoms with van der Waals surface area (Å²) in [6, 6.07) is 11.3. The average Bonchev–Trinajstić information content (AvgIpc) is 2.72. The van der Waals surface area contributed by atoms with E-state index in [2.05, 4.69) is 15.2 Å². The Kier molecular flexibility index (Phi) is 7.45. The van der Waals surface area contributed by atoms with Crippen molar-refractivity contribution in [3.63, 3.8) is 0 Å². The van der Waals surface area contributed by atoms with Gasteiger partial charge in [0.25, 0.3) is 10.0 Å². The third kappa shape index (κ3) is 5.73. The molecule has 0 atom stereocenters. The molecule has 13 heteroatoms. The number of sulfone groups is 1. The van der Waals surface area contributed by atoms with Crippen molar-refractivity contribution in [3.8, 4) is 0 Å². The zero-order valence-corrected chi connectivity index (χ0v) is 17.1. The third-order valence-electron chi connectivity index (χ3n) is 3.46. The van der Waals surface area contributed by atoms with Crippen LogP contribution in [0.4, 0.5) is 14.5 Å². The van der Waals surface area contributed by atoms with E-state index in [0.717, 1.165) is 24.3 Å². The van der Waals surface area contributed by atoms with E-state index in [4.69, 9.17) is 4.74 Å². The molecule has 162 valence electrons. The molecule has 0 aliphatic heterocycles. The number of halogens is 2. The normalized spacial score (nSPS) is 12.5. The lowest BCUT2D eigenvalue weighted by Gasteiger charge is -2.12. The minimum atomic E-state index is -4.76. The maximum Gasteiger partial charge on any atom is 0.376 e. The molecule has 0 aromatic heterocycles. The van der Waals surface area contributed by atoms with Crippen LogP contribution in [0.5, 0.6) is 0 Å². The smallest absolute Gasteiger partial charge is 0.376 e. The Balaban J connectivity index is 2.25. The van der Waals surface area contributed by atoms with Gasteiger partial charge in [-0.15, -0.1) is 4.40 Å². The predicted octanol–water partition coefficient (Wildman–Crippen LogP) is 1.95. The molecule has 0 aliphatic carbocycles. The SMILES string of the molecule is CCOC(=O)C(=NS(=O)(=O)c1ccccc1)NNc1ccc(S(=O)(=O)C(F)F)cc1. The van der Waals surface area contributed by atoms with Gasteiger partial charge in [-0.05, 0) is 43.3 Å². The Bertz CT molecular complexity index is 1120. The van der Waals surface area contributed by atoms with Crippen LogP contribution >= 0.6 is 0 Å². The van der Waals surface area contributed by atoms with Crippen LogP contribution in [0.25, 0.3) is 0 Å². The fourth-order valence-electron chi connectivity index (χ4n) is 2.04. The first kappa shape index (κ1) is 23.2. The second-order valence-corrected chi connectivity index (χ2v) is 9.05. The fourth-order valence-corrected chi connectivity index (χ4v) is 3.73. The molecule has 0 aliphatic rings. The van der Waals surface area contributed by atoms with Gasteiger partial charge >= 0.3 is 11.7 Å². The van der Waals surface area contributed by atoms with Crippen LogP contribution in [0.1, 0.15) is 6.92 Å². The molecule has 0 saturated carbocycles. The summed E-state index contributed by atoms with van der Waals surface area (Å²) in [6.45, 7) is 1.46. The number of esters is 1. The van der Waals surface area contributed by atoms with Crippen molar-refractivity contribution in [2.75, 3.05) is 12.0 Å². The molecular formula is C17H17F2N3O6S2. The van der Waals surface area contributed by atoms with Gasteiger partial charge in [0.05, 0.1) is 22.1 Å². The summed E-state index contributed by atoms with van der Waals surface area (Å²) >= 11 is 0. The van der Waals surface area contributed by atoms with Gasteiger partial charge in [-0.1, -0.05) is 18.2 Å². The molecule has 2 aromatic rings. The quantitative estimate of drug-likeness (QED) is 0.277. The summed E-state index contributed by atoms with van der Waals surface area (Å²) in [5.41, 5.74) is 4.85. The average molecular weight is 461 g/mol. The van der Waals surface area contributed by atoms with Crippen LogP contribution in [0.2, 0.25) is 0 Å². The molecule has 2 aromatic carbocycles. The van der Waals surface area contributed by atoms with Crippen LogP contribution in [-0.2, 0) is 29.4 Å². The molecule has 0 unspecified atom stereocenters. The van der Waals surface area contributed by atoms with Gasteiger partial charge in [-0.2, -0.15) is 17.2 Å². The van der Waals surface area contributed by atoms with Gasteiger partial charge in [-0.25, -0.2) is 13.2 Å². The summed E-state index contributed by atoms with van der Waals surface area (Å²) in [5.74, 6) is -5.33. The lowest BCUT2D eigenvalue weighted by Crippen LogP contribution is -2.37. The number of nitrogens with zero attached hydrogens (tertiary/aromatic N) is 1. The number of amidine groups is 1.